The Kier molecular flexibility index (Phi) is 4.44. The third kappa shape index (κ3) is 3.14. The SMILES string of the molecule is CCC1(CNCc2ccn(C(C)C)n2)CCCC1. The average Bonchev–Trinajstić information content (AvgIpc) is 2.98. The summed E-state index contributed by atoms with van der Waals surface area (Å²) in [5.41, 5.74) is 1.73. The lowest BCUT2D eigenvalue weighted by Gasteiger charge is -2.27. The Morgan fingerprint density at radius 3 is 2.67 bits per heavy atom. The van der Waals surface area contributed by atoms with Gasteiger partial charge in [0.05, 0.1) is 5.69 Å². The first-order chi connectivity index (χ1) is 8.65. The summed E-state index contributed by atoms with van der Waals surface area (Å²) in [4.78, 5) is 0. The van der Waals surface area contributed by atoms with E-state index in [2.05, 4.69) is 43.4 Å². The molecular formula is C15H27N3. The van der Waals surface area contributed by atoms with Crippen LogP contribution in [0.2, 0.25) is 0 Å². The lowest BCUT2D eigenvalue weighted by molar-refractivity contribution is 0.267. The van der Waals surface area contributed by atoms with E-state index in [0.29, 0.717) is 11.5 Å². The number of hydrogen-bond acceptors (Lipinski definition) is 2. The number of hydrogen-bond donors (Lipinski definition) is 1. The van der Waals surface area contributed by atoms with E-state index < -0.39 is 0 Å². The Hall–Kier alpha value is -0.830. The first-order valence-corrected chi connectivity index (χ1v) is 7.40. The van der Waals surface area contributed by atoms with Crippen molar-refractivity contribution in [3.05, 3.63) is 18.0 Å². The van der Waals surface area contributed by atoms with Gasteiger partial charge >= 0.3 is 0 Å². The zero-order valence-corrected chi connectivity index (χ0v) is 12.1. The highest BCUT2D eigenvalue weighted by Crippen LogP contribution is 2.40. The van der Waals surface area contributed by atoms with Gasteiger partial charge in [0.1, 0.15) is 0 Å². The molecule has 18 heavy (non-hydrogen) atoms. The van der Waals surface area contributed by atoms with E-state index in [9.17, 15) is 0 Å². The summed E-state index contributed by atoms with van der Waals surface area (Å²) in [6, 6.07) is 2.58. The van der Waals surface area contributed by atoms with E-state index in [1.165, 1.54) is 32.1 Å². The van der Waals surface area contributed by atoms with E-state index in [-0.39, 0.29) is 0 Å². The molecule has 0 spiro atoms. The molecule has 0 atom stereocenters. The third-order valence-corrected chi connectivity index (χ3v) is 4.41. The number of nitrogens with zero attached hydrogens (tertiary/aromatic N) is 2. The third-order valence-electron chi connectivity index (χ3n) is 4.41. The molecule has 3 heteroatoms. The first kappa shape index (κ1) is 13.6. The molecule has 1 fully saturated rings. The van der Waals surface area contributed by atoms with Crippen LogP contribution in [0.25, 0.3) is 0 Å². The number of rotatable bonds is 6. The summed E-state index contributed by atoms with van der Waals surface area (Å²) in [6.07, 6.45) is 9.01. The van der Waals surface area contributed by atoms with Gasteiger partial charge in [0.25, 0.3) is 0 Å². The summed E-state index contributed by atoms with van der Waals surface area (Å²) in [6.45, 7) is 8.71. The summed E-state index contributed by atoms with van der Waals surface area (Å²) >= 11 is 0. The van der Waals surface area contributed by atoms with Crippen molar-refractivity contribution in [3.63, 3.8) is 0 Å². The van der Waals surface area contributed by atoms with Crippen LogP contribution in [-0.2, 0) is 6.54 Å². The Labute approximate surface area is 111 Å². The first-order valence-electron chi connectivity index (χ1n) is 7.40. The van der Waals surface area contributed by atoms with Gasteiger partial charge in [-0.2, -0.15) is 5.10 Å². The smallest absolute Gasteiger partial charge is 0.0762 e. The maximum Gasteiger partial charge on any atom is 0.0762 e. The van der Waals surface area contributed by atoms with Crippen LogP contribution in [0.3, 0.4) is 0 Å². The fraction of sp³-hybridized carbons (Fsp3) is 0.800. The van der Waals surface area contributed by atoms with E-state index in [4.69, 9.17) is 0 Å². The van der Waals surface area contributed by atoms with Crippen molar-refractivity contribution in [2.75, 3.05) is 6.54 Å². The van der Waals surface area contributed by atoms with Crippen molar-refractivity contribution >= 4 is 0 Å². The molecule has 0 amide bonds. The molecule has 1 N–H and O–H groups in total. The molecule has 0 saturated heterocycles. The van der Waals surface area contributed by atoms with Crippen LogP contribution in [0.1, 0.15) is 64.6 Å². The standard InChI is InChI=1S/C15H27N3/c1-4-15(8-5-6-9-15)12-16-11-14-7-10-18(17-14)13(2)3/h7,10,13,16H,4-6,8-9,11-12H2,1-3H3. The molecule has 0 radical (unpaired) electrons. The van der Waals surface area contributed by atoms with Gasteiger partial charge in [-0.3, -0.25) is 4.68 Å². The summed E-state index contributed by atoms with van der Waals surface area (Å²) < 4.78 is 2.03. The molecule has 1 saturated carbocycles. The Morgan fingerprint density at radius 2 is 2.11 bits per heavy atom. The summed E-state index contributed by atoms with van der Waals surface area (Å²) in [5, 5.41) is 8.19. The van der Waals surface area contributed by atoms with Crippen molar-refractivity contribution in [3.8, 4) is 0 Å². The van der Waals surface area contributed by atoms with E-state index in [0.717, 1.165) is 18.8 Å². The fourth-order valence-electron chi connectivity index (χ4n) is 3.00. The lowest BCUT2D eigenvalue weighted by Crippen LogP contribution is -2.31. The molecule has 1 aliphatic rings. The van der Waals surface area contributed by atoms with Gasteiger partial charge in [-0.1, -0.05) is 19.8 Å². The summed E-state index contributed by atoms with van der Waals surface area (Å²) in [7, 11) is 0. The van der Waals surface area contributed by atoms with Crippen molar-refractivity contribution < 1.29 is 0 Å². The van der Waals surface area contributed by atoms with Crippen LogP contribution in [-0.4, -0.2) is 16.3 Å². The molecule has 102 valence electrons. The van der Waals surface area contributed by atoms with Gasteiger partial charge < -0.3 is 5.32 Å². The van der Waals surface area contributed by atoms with Crippen molar-refractivity contribution in [2.45, 2.75) is 65.5 Å². The van der Waals surface area contributed by atoms with Gasteiger partial charge in [0.15, 0.2) is 0 Å². The second-order valence-electron chi connectivity index (χ2n) is 6.05. The van der Waals surface area contributed by atoms with Crippen molar-refractivity contribution in [2.24, 2.45) is 5.41 Å². The van der Waals surface area contributed by atoms with Crippen LogP contribution < -0.4 is 5.32 Å². The topological polar surface area (TPSA) is 29.9 Å². The number of nitrogens with one attached hydrogen (secondary N) is 1. The molecule has 0 aliphatic heterocycles. The summed E-state index contributed by atoms with van der Waals surface area (Å²) in [5.74, 6) is 0. The normalized spacial score (nSPS) is 18.7. The largest absolute Gasteiger partial charge is 0.311 e. The van der Waals surface area contributed by atoms with E-state index >= 15 is 0 Å². The molecule has 1 aromatic rings. The Bertz CT molecular complexity index is 362. The van der Waals surface area contributed by atoms with Gasteiger partial charge in [-0.25, -0.2) is 0 Å². The van der Waals surface area contributed by atoms with Gasteiger partial charge in [-0.05, 0) is 44.6 Å². The second-order valence-corrected chi connectivity index (χ2v) is 6.05. The average molecular weight is 249 g/mol. The second kappa shape index (κ2) is 5.87. The van der Waals surface area contributed by atoms with Gasteiger partial charge in [-0.15, -0.1) is 0 Å². The van der Waals surface area contributed by atoms with E-state index in [1.807, 2.05) is 4.68 Å². The maximum absolute atomic E-state index is 4.58. The zero-order valence-electron chi connectivity index (χ0n) is 12.1. The highest BCUT2D eigenvalue weighted by molar-refractivity contribution is 4.99. The highest BCUT2D eigenvalue weighted by Gasteiger charge is 2.31. The Morgan fingerprint density at radius 1 is 1.39 bits per heavy atom. The molecule has 1 aromatic heterocycles. The minimum atomic E-state index is 0.454. The Balaban J connectivity index is 1.80. The lowest BCUT2D eigenvalue weighted by atomic mass is 9.83. The molecular weight excluding hydrogens is 222 g/mol. The molecule has 0 unspecified atom stereocenters. The maximum atomic E-state index is 4.58. The monoisotopic (exact) mass is 249 g/mol. The minimum absolute atomic E-state index is 0.454. The van der Waals surface area contributed by atoms with Crippen LogP contribution in [0.4, 0.5) is 0 Å². The number of aromatic nitrogens is 2. The predicted molar refractivity (Wildman–Crippen MR) is 75.5 cm³/mol. The van der Waals surface area contributed by atoms with Crippen molar-refractivity contribution in [1.82, 2.24) is 15.1 Å². The van der Waals surface area contributed by atoms with Crippen molar-refractivity contribution in [1.29, 1.82) is 0 Å². The van der Waals surface area contributed by atoms with Gasteiger partial charge in [0, 0.05) is 25.3 Å². The zero-order chi connectivity index (χ0) is 13.0. The van der Waals surface area contributed by atoms with Gasteiger partial charge in [0.2, 0.25) is 0 Å². The molecule has 1 aliphatic carbocycles. The predicted octanol–water partition coefficient (Wildman–Crippen LogP) is 3.52. The molecule has 0 bridgehead atoms. The molecule has 3 nitrogen and oxygen atoms in total. The van der Waals surface area contributed by atoms with E-state index in [1.54, 1.807) is 0 Å². The quantitative estimate of drug-likeness (QED) is 0.836. The van der Waals surface area contributed by atoms with Crippen LogP contribution in [0.15, 0.2) is 12.3 Å². The molecule has 0 aromatic carbocycles. The van der Waals surface area contributed by atoms with Crippen LogP contribution in [0, 0.1) is 5.41 Å². The molecule has 1 heterocycles. The minimum Gasteiger partial charge on any atom is -0.311 e. The highest BCUT2D eigenvalue weighted by atomic mass is 15.3. The fourth-order valence-corrected chi connectivity index (χ4v) is 3.00. The molecule has 2 rings (SSSR count). The van der Waals surface area contributed by atoms with Crippen LogP contribution in [0.5, 0.6) is 0 Å². The van der Waals surface area contributed by atoms with Crippen LogP contribution >= 0.6 is 0 Å².